The van der Waals surface area contributed by atoms with Gasteiger partial charge in [0.2, 0.25) is 0 Å². The van der Waals surface area contributed by atoms with Gasteiger partial charge in [-0.2, -0.15) is 0 Å². The summed E-state index contributed by atoms with van der Waals surface area (Å²) in [4.78, 5) is 0. The van der Waals surface area contributed by atoms with Gasteiger partial charge in [0.1, 0.15) is 12.4 Å². The van der Waals surface area contributed by atoms with Crippen molar-refractivity contribution < 1.29 is 14.2 Å². The molecule has 0 aliphatic rings. The Kier molecular flexibility index (Phi) is 8.80. The van der Waals surface area contributed by atoms with Gasteiger partial charge in [-0.05, 0) is 67.8 Å². The maximum Gasteiger partial charge on any atom is 0.162 e. The molecule has 0 spiro atoms. The molecule has 0 aliphatic carbocycles. The summed E-state index contributed by atoms with van der Waals surface area (Å²) >= 11 is 3.69. The quantitative estimate of drug-likeness (QED) is 0.335. The average Bonchev–Trinajstić information content (AvgIpc) is 2.78. The minimum absolute atomic E-state index is 0.508. The van der Waals surface area contributed by atoms with Gasteiger partial charge in [-0.15, -0.1) is 0 Å². The van der Waals surface area contributed by atoms with Crippen LogP contribution >= 0.6 is 15.9 Å². The second kappa shape index (κ2) is 11.8. The zero-order chi connectivity index (χ0) is 22.1. The van der Waals surface area contributed by atoms with Crippen molar-refractivity contribution in [2.45, 2.75) is 33.4 Å². The maximum absolute atomic E-state index is 6.08. The van der Waals surface area contributed by atoms with Gasteiger partial charge in [0.15, 0.2) is 11.5 Å². The zero-order valence-electron chi connectivity index (χ0n) is 18.4. The molecule has 3 rings (SSSR count). The second-order valence-corrected chi connectivity index (χ2v) is 8.23. The molecule has 3 aromatic carbocycles. The van der Waals surface area contributed by atoms with Crippen LogP contribution in [-0.4, -0.2) is 20.3 Å². The third-order valence-corrected chi connectivity index (χ3v) is 5.69. The normalized spacial score (nSPS) is 10.7. The van der Waals surface area contributed by atoms with Crippen LogP contribution in [0.25, 0.3) is 0 Å². The lowest BCUT2D eigenvalue weighted by molar-refractivity contribution is 0.269. The van der Waals surface area contributed by atoms with E-state index in [2.05, 4.69) is 64.6 Å². The highest BCUT2D eigenvalue weighted by molar-refractivity contribution is 9.10. The van der Waals surface area contributed by atoms with Gasteiger partial charge in [0.25, 0.3) is 0 Å². The van der Waals surface area contributed by atoms with Gasteiger partial charge in [0, 0.05) is 11.0 Å². The Bertz CT molecular complexity index is 973. The highest BCUT2D eigenvalue weighted by Gasteiger charge is 2.11. The summed E-state index contributed by atoms with van der Waals surface area (Å²) in [6.45, 7) is 6.80. The summed E-state index contributed by atoms with van der Waals surface area (Å²) in [5.74, 6) is 2.40. The third kappa shape index (κ3) is 7.01. The van der Waals surface area contributed by atoms with Crippen LogP contribution in [0.4, 0.5) is 0 Å². The summed E-state index contributed by atoms with van der Waals surface area (Å²) < 4.78 is 18.2. The van der Waals surface area contributed by atoms with Gasteiger partial charge in [0.05, 0.1) is 13.7 Å². The molecule has 0 fully saturated rings. The molecule has 164 valence electrons. The Hall–Kier alpha value is -2.50. The SMILES string of the molecule is CCOc1cc(CNCCc2ccc(OC)cc2)c(Br)cc1OCc1cccc(C)c1. The van der Waals surface area contributed by atoms with E-state index in [1.54, 1.807) is 7.11 Å². The molecule has 0 saturated heterocycles. The van der Waals surface area contributed by atoms with Crippen molar-refractivity contribution in [1.29, 1.82) is 0 Å². The van der Waals surface area contributed by atoms with Crippen LogP contribution < -0.4 is 19.5 Å². The fourth-order valence-corrected chi connectivity index (χ4v) is 3.77. The molecule has 4 nitrogen and oxygen atoms in total. The Morgan fingerprint density at radius 2 is 1.68 bits per heavy atom. The molecule has 0 bridgehead atoms. The smallest absolute Gasteiger partial charge is 0.162 e. The maximum atomic E-state index is 6.08. The second-order valence-electron chi connectivity index (χ2n) is 7.38. The Morgan fingerprint density at radius 3 is 2.39 bits per heavy atom. The molecular weight excluding hydrogens is 454 g/mol. The number of rotatable bonds is 11. The van der Waals surface area contributed by atoms with E-state index in [0.717, 1.165) is 52.4 Å². The standard InChI is InChI=1S/C26H30BrNO3/c1-4-30-25-15-22(17-28-13-12-20-8-10-23(29-3)11-9-20)24(27)16-26(25)31-18-21-7-5-6-19(2)14-21/h5-11,14-16,28H,4,12-13,17-18H2,1-3H3. The van der Waals surface area contributed by atoms with E-state index in [-0.39, 0.29) is 0 Å². The van der Waals surface area contributed by atoms with E-state index in [1.165, 1.54) is 11.1 Å². The fourth-order valence-electron chi connectivity index (χ4n) is 3.30. The number of aryl methyl sites for hydroxylation is 1. The van der Waals surface area contributed by atoms with Crippen molar-refractivity contribution in [1.82, 2.24) is 5.32 Å². The number of ether oxygens (including phenoxy) is 3. The molecule has 0 radical (unpaired) electrons. The van der Waals surface area contributed by atoms with Crippen LogP contribution in [0.1, 0.15) is 29.2 Å². The molecule has 0 saturated carbocycles. The van der Waals surface area contributed by atoms with Crippen LogP contribution in [0, 0.1) is 6.92 Å². The minimum atomic E-state index is 0.508. The molecule has 0 unspecified atom stereocenters. The molecule has 1 N–H and O–H groups in total. The summed E-state index contributed by atoms with van der Waals surface area (Å²) in [5, 5.41) is 3.51. The minimum Gasteiger partial charge on any atom is -0.497 e. The monoisotopic (exact) mass is 483 g/mol. The van der Waals surface area contributed by atoms with Gasteiger partial charge < -0.3 is 19.5 Å². The van der Waals surface area contributed by atoms with Crippen LogP contribution in [0.2, 0.25) is 0 Å². The molecule has 0 aliphatic heterocycles. The molecular formula is C26H30BrNO3. The molecule has 31 heavy (non-hydrogen) atoms. The number of methoxy groups -OCH3 is 1. The van der Waals surface area contributed by atoms with Crippen molar-refractivity contribution >= 4 is 15.9 Å². The summed E-state index contributed by atoms with van der Waals surface area (Å²) in [6, 6.07) is 20.6. The van der Waals surface area contributed by atoms with Crippen molar-refractivity contribution in [3.63, 3.8) is 0 Å². The Balaban J connectivity index is 1.59. The molecule has 3 aromatic rings. The molecule has 0 amide bonds. The molecule has 0 aromatic heterocycles. The van der Waals surface area contributed by atoms with Crippen molar-refractivity contribution in [3.05, 3.63) is 87.4 Å². The van der Waals surface area contributed by atoms with Crippen molar-refractivity contribution in [2.75, 3.05) is 20.3 Å². The fraction of sp³-hybridized carbons (Fsp3) is 0.308. The number of hydrogen-bond acceptors (Lipinski definition) is 4. The van der Waals surface area contributed by atoms with E-state index >= 15 is 0 Å². The van der Waals surface area contributed by atoms with Crippen LogP contribution in [0.5, 0.6) is 17.2 Å². The predicted octanol–water partition coefficient (Wildman–Crippen LogP) is 6.08. The first-order valence-corrected chi connectivity index (χ1v) is 11.4. The van der Waals surface area contributed by atoms with E-state index in [1.807, 2.05) is 31.2 Å². The number of hydrogen-bond donors (Lipinski definition) is 1. The first-order valence-electron chi connectivity index (χ1n) is 10.6. The van der Waals surface area contributed by atoms with Crippen molar-refractivity contribution in [3.8, 4) is 17.2 Å². The zero-order valence-corrected chi connectivity index (χ0v) is 20.0. The predicted molar refractivity (Wildman–Crippen MR) is 129 cm³/mol. The first-order chi connectivity index (χ1) is 15.1. The number of benzene rings is 3. The van der Waals surface area contributed by atoms with E-state index < -0.39 is 0 Å². The van der Waals surface area contributed by atoms with Gasteiger partial charge in [-0.25, -0.2) is 0 Å². The van der Waals surface area contributed by atoms with Gasteiger partial charge >= 0.3 is 0 Å². The van der Waals surface area contributed by atoms with Crippen molar-refractivity contribution in [2.24, 2.45) is 0 Å². The summed E-state index contributed by atoms with van der Waals surface area (Å²) in [7, 11) is 1.68. The molecule has 0 atom stereocenters. The first kappa shape index (κ1) is 23.2. The lowest BCUT2D eigenvalue weighted by Crippen LogP contribution is -2.17. The topological polar surface area (TPSA) is 39.7 Å². The largest absolute Gasteiger partial charge is 0.497 e. The van der Waals surface area contributed by atoms with E-state index in [9.17, 15) is 0 Å². The summed E-state index contributed by atoms with van der Waals surface area (Å²) in [6.07, 6.45) is 0.956. The van der Waals surface area contributed by atoms with Gasteiger partial charge in [-0.3, -0.25) is 0 Å². The molecule has 0 heterocycles. The number of halogens is 1. The molecule has 5 heteroatoms. The van der Waals surface area contributed by atoms with Crippen LogP contribution in [0.3, 0.4) is 0 Å². The summed E-state index contributed by atoms with van der Waals surface area (Å²) in [5.41, 5.74) is 4.79. The van der Waals surface area contributed by atoms with Crippen LogP contribution in [-0.2, 0) is 19.6 Å². The Morgan fingerprint density at radius 1 is 0.903 bits per heavy atom. The number of nitrogens with one attached hydrogen (secondary N) is 1. The lowest BCUT2D eigenvalue weighted by atomic mass is 10.1. The highest BCUT2D eigenvalue weighted by atomic mass is 79.9. The van der Waals surface area contributed by atoms with Gasteiger partial charge in [-0.1, -0.05) is 57.9 Å². The van der Waals surface area contributed by atoms with E-state index in [4.69, 9.17) is 14.2 Å². The highest BCUT2D eigenvalue weighted by Crippen LogP contribution is 2.34. The van der Waals surface area contributed by atoms with E-state index in [0.29, 0.717) is 13.2 Å². The third-order valence-electron chi connectivity index (χ3n) is 4.95. The Labute approximate surface area is 193 Å². The lowest BCUT2D eigenvalue weighted by Gasteiger charge is -2.16. The van der Waals surface area contributed by atoms with Crippen LogP contribution in [0.15, 0.2) is 65.1 Å². The average molecular weight is 484 g/mol.